The first-order valence-electron chi connectivity index (χ1n) is 6.16. The number of fused-ring (bicyclic) bond motifs is 1. The third-order valence-electron chi connectivity index (χ3n) is 3.26. The second-order valence-electron chi connectivity index (χ2n) is 4.53. The normalized spacial score (nSPS) is 15.9. The molecule has 1 saturated heterocycles. The molecule has 6 nitrogen and oxygen atoms in total. The van der Waals surface area contributed by atoms with Gasteiger partial charge in [0.2, 0.25) is 5.58 Å². The van der Waals surface area contributed by atoms with Gasteiger partial charge in [-0.15, -0.1) is 0 Å². The van der Waals surface area contributed by atoms with E-state index in [-0.39, 0.29) is 11.7 Å². The van der Waals surface area contributed by atoms with Crippen molar-refractivity contribution in [2.45, 2.75) is 6.92 Å². The molecule has 3 heterocycles. The van der Waals surface area contributed by atoms with Crippen molar-refractivity contribution in [3.05, 3.63) is 34.9 Å². The average Bonchev–Trinajstić information content (AvgIpc) is 2.88. The lowest BCUT2D eigenvalue weighted by atomic mass is 10.3. The van der Waals surface area contributed by atoms with E-state index in [4.69, 9.17) is 9.15 Å². The molecule has 0 spiro atoms. The number of carbonyl (C=O) groups excluding carboxylic acids is 1. The molecule has 1 aliphatic rings. The number of nitrogens with zero attached hydrogens (tertiary/aromatic N) is 2. The number of pyridine rings is 1. The molecule has 0 unspecified atom stereocenters. The third kappa shape index (κ3) is 2.04. The van der Waals surface area contributed by atoms with Gasteiger partial charge in [-0.2, -0.15) is 4.73 Å². The largest absolute Gasteiger partial charge is 0.618 e. The van der Waals surface area contributed by atoms with E-state index in [2.05, 4.69) is 0 Å². The van der Waals surface area contributed by atoms with Gasteiger partial charge in [0, 0.05) is 26.1 Å². The Labute approximate surface area is 109 Å². The van der Waals surface area contributed by atoms with Crippen molar-refractivity contribution in [3.63, 3.8) is 0 Å². The second-order valence-corrected chi connectivity index (χ2v) is 4.53. The molecule has 100 valence electrons. The number of carbonyl (C=O) groups is 1. The van der Waals surface area contributed by atoms with Gasteiger partial charge in [0.05, 0.1) is 19.3 Å². The number of furan rings is 1. The quantitative estimate of drug-likeness (QED) is 0.564. The van der Waals surface area contributed by atoms with E-state index in [1.165, 1.54) is 6.07 Å². The van der Waals surface area contributed by atoms with Crippen molar-refractivity contribution in [2.75, 3.05) is 26.3 Å². The predicted octanol–water partition coefficient (Wildman–Crippen LogP) is 0.847. The highest BCUT2D eigenvalue weighted by molar-refractivity contribution is 5.94. The summed E-state index contributed by atoms with van der Waals surface area (Å²) < 4.78 is 11.4. The van der Waals surface area contributed by atoms with Gasteiger partial charge in [-0.05, 0) is 6.07 Å². The van der Waals surface area contributed by atoms with Gasteiger partial charge in [0.15, 0.2) is 11.5 Å². The van der Waals surface area contributed by atoms with Crippen molar-refractivity contribution >= 4 is 17.0 Å². The van der Waals surface area contributed by atoms with E-state index >= 15 is 0 Å². The van der Waals surface area contributed by atoms with Crippen LogP contribution in [0.1, 0.15) is 16.2 Å². The molecule has 6 heteroatoms. The average molecular weight is 262 g/mol. The number of morpholine rings is 1. The Kier molecular flexibility index (Phi) is 2.87. The van der Waals surface area contributed by atoms with E-state index in [0.29, 0.717) is 43.1 Å². The Balaban J connectivity index is 1.96. The Hall–Kier alpha value is -2.08. The first kappa shape index (κ1) is 12.0. The molecular formula is C13H14N2O4. The van der Waals surface area contributed by atoms with Crippen LogP contribution in [0.2, 0.25) is 0 Å². The van der Waals surface area contributed by atoms with E-state index in [1.54, 1.807) is 24.0 Å². The van der Waals surface area contributed by atoms with Gasteiger partial charge in [-0.1, -0.05) is 0 Å². The van der Waals surface area contributed by atoms with Crippen molar-refractivity contribution in [2.24, 2.45) is 0 Å². The molecule has 0 saturated carbocycles. The zero-order valence-corrected chi connectivity index (χ0v) is 10.6. The summed E-state index contributed by atoms with van der Waals surface area (Å²) in [6, 6.07) is 4.88. The number of ether oxygens (including phenoxy) is 1. The standard InChI is InChI=1S/C13H14N2O4/c1-9-2-3-11-10(15(9)17)8-12(19-11)13(16)14-4-6-18-7-5-14/h2-3,8H,4-7H2,1H3. The molecular weight excluding hydrogens is 248 g/mol. The summed E-state index contributed by atoms with van der Waals surface area (Å²) >= 11 is 0. The fourth-order valence-corrected chi connectivity index (χ4v) is 2.16. The van der Waals surface area contributed by atoms with Crippen LogP contribution in [0.5, 0.6) is 0 Å². The smallest absolute Gasteiger partial charge is 0.290 e. The first-order chi connectivity index (χ1) is 9.16. The van der Waals surface area contributed by atoms with E-state index in [9.17, 15) is 10.0 Å². The van der Waals surface area contributed by atoms with Crippen LogP contribution in [0.25, 0.3) is 11.1 Å². The summed E-state index contributed by atoms with van der Waals surface area (Å²) in [4.78, 5) is 13.9. The van der Waals surface area contributed by atoms with Crippen molar-refractivity contribution < 1.29 is 18.7 Å². The topological polar surface area (TPSA) is 69.6 Å². The van der Waals surface area contributed by atoms with Gasteiger partial charge in [0.1, 0.15) is 0 Å². The van der Waals surface area contributed by atoms with E-state index in [1.807, 2.05) is 0 Å². The summed E-state index contributed by atoms with van der Waals surface area (Å²) in [7, 11) is 0. The predicted molar refractivity (Wildman–Crippen MR) is 66.6 cm³/mol. The van der Waals surface area contributed by atoms with Crippen LogP contribution in [0, 0.1) is 12.1 Å². The Bertz CT molecular complexity index is 629. The Morgan fingerprint density at radius 3 is 2.84 bits per heavy atom. The maximum atomic E-state index is 12.2. The fraction of sp³-hybridized carbons (Fsp3) is 0.385. The van der Waals surface area contributed by atoms with Crippen LogP contribution >= 0.6 is 0 Å². The lowest BCUT2D eigenvalue weighted by Gasteiger charge is -2.25. The maximum Gasteiger partial charge on any atom is 0.290 e. The molecule has 0 aromatic carbocycles. The third-order valence-corrected chi connectivity index (χ3v) is 3.26. The Morgan fingerprint density at radius 1 is 1.37 bits per heavy atom. The van der Waals surface area contributed by atoms with Gasteiger partial charge < -0.3 is 19.3 Å². The summed E-state index contributed by atoms with van der Waals surface area (Å²) in [6.45, 7) is 3.88. The minimum atomic E-state index is -0.197. The van der Waals surface area contributed by atoms with Gasteiger partial charge in [0.25, 0.3) is 11.4 Å². The molecule has 0 aliphatic carbocycles. The van der Waals surface area contributed by atoms with Crippen LogP contribution in [-0.2, 0) is 4.74 Å². The van der Waals surface area contributed by atoms with E-state index < -0.39 is 0 Å². The molecule has 0 atom stereocenters. The van der Waals surface area contributed by atoms with Gasteiger partial charge >= 0.3 is 0 Å². The molecule has 1 fully saturated rings. The summed E-state index contributed by atoms with van der Waals surface area (Å²) in [5.74, 6) is 0.00394. The molecule has 0 bridgehead atoms. The van der Waals surface area contributed by atoms with Crippen LogP contribution in [0.15, 0.2) is 22.6 Å². The van der Waals surface area contributed by atoms with Crippen LogP contribution < -0.4 is 4.73 Å². The molecule has 2 aromatic heterocycles. The molecule has 0 radical (unpaired) electrons. The minimum Gasteiger partial charge on any atom is -0.618 e. The second kappa shape index (κ2) is 4.55. The molecule has 3 rings (SSSR count). The highest BCUT2D eigenvalue weighted by Crippen LogP contribution is 2.18. The number of hydrogen-bond donors (Lipinski definition) is 0. The molecule has 0 N–H and O–H groups in total. The van der Waals surface area contributed by atoms with Crippen molar-refractivity contribution in [1.82, 2.24) is 4.90 Å². The summed E-state index contributed by atoms with van der Waals surface area (Å²) in [5, 5.41) is 11.9. The molecule has 1 aliphatic heterocycles. The van der Waals surface area contributed by atoms with Crippen LogP contribution in [0.4, 0.5) is 0 Å². The van der Waals surface area contributed by atoms with Gasteiger partial charge in [-0.3, -0.25) is 4.79 Å². The summed E-state index contributed by atoms with van der Waals surface area (Å²) in [5.41, 5.74) is 1.38. The molecule has 2 aromatic rings. The lowest BCUT2D eigenvalue weighted by Crippen LogP contribution is -2.40. The Morgan fingerprint density at radius 2 is 2.11 bits per heavy atom. The fourth-order valence-electron chi connectivity index (χ4n) is 2.16. The SMILES string of the molecule is Cc1ccc2oc(C(=O)N3CCOCC3)cc2[n+]1[O-]. The van der Waals surface area contributed by atoms with Crippen LogP contribution in [0.3, 0.4) is 0 Å². The highest BCUT2D eigenvalue weighted by atomic mass is 16.5. The zero-order chi connectivity index (χ0) is 13.4. The number of amides is 1. The van der Waals surface area contributed by atoms with Gasteiger partial charge in [-0.25, -0.2) is 0 Å². The summed E-state index contributed by atoms with van der Waals surface area (Å²) in [6.07, 6.45) is 0. The highest BCUT2D eigenvalue weighted by Gasteiger charge is 2.24. The molecule has 1 amide bonds. The van der Waals surface area contributed by atoms with Crippen molar-refractivity contribution in [1.29, 1.82) is 0 Å². The number of aryl methyl sites for hydroxylation is 1. The minimum absolute atomic E-state index is 0.197. The van der Waals surface area contributed by atoms with Crippen molar-refractivity contribution in [3.8, 4) is 0 Å². The number of rotatable bonds is 1. The number of aromatic nitrogens is 1. The monoisotopic (exact) mass is 262 g/mol. The first-order valence-corrected chi connectivity index (χ1v) is 6.16. The van der Waals surface area contributed by atoms with E-state index in [0.717, 1.165) is 4.73 Å². The number of hydrogen-bond acceptors (Lipinski definition) is 4. The zero-order valence-electron chi connectivity index (χ0n) is 10.6. The molecule has 19 heavy (non-hydrogen) atoms. The lowest BCUT2D eigenvalue weighted by molar-refractivity contribution is -0.584. The maximum absolute atomic E-state index is 12.2. The van der Waals surface area contributed by atoms with Crippen LogP contribution in [-0.4, -0.2) is 37.1 Å².